The van der Waals surface area contributed by atoms with E-state index < -0.39 is 11.4 Å². The molecule has 1 rings (SSSR count). The average Bonchev–Trinajstić information content (AvgIpc) is 2.72. The Hall–Kier alpha value is -1.52. The third-order valence-electron chi connectivity index (χ3n) is 3.49. The van der Waals surface area contributed by atoms with E-state index in [1.165, 1.54) is 0 Å². The van der Waals surface area contributed by atoms with Crippen molar-refractivity contribution < 1.29 is 14.7 Å². The van der Waals surface area contributed by atoms with Gasteiger partial charge < -0.3 is 14.9 Å². The van der Waals surface area contributed by atoms with Gasteiger partial charge in [-0.2, -0.15) is 0 Å². The molecule has 1 atom stereocenters. The highest BCUT2D eigenvalue weighted by Gasteiger charge is 2.42. The molecule has 0 saturated carbocycles. The summed E-state index contributed by atoms with van der Waals surface area (Å²) >= 11 is 0. The van der Waals surface area contributed by atoms with Crippen LogP contribution in [0, 0.1) is 5.41 Å². The molecular weight excluding hydrogens is 232 g/mol. The standard InChI is InChI=1S/C13H22N2O3/c1-4-5-6-8-14(3)12(18)15-9-7-13(2,10-15)11(16)17/h4H,1,5-10H2,2-3H3,(H,16,17). The summed E-state index contributed by atoms with van der Waals surface area (Å²) in [5.74, 6) is -0.827. The Bertz CT molecular complexity index is 343. The van der Waals surface area contributed by atoms with Gasteiger partial charge in [-0.3, -0.25) is 4.79 Å². The third-order valence-corrected chi connectivity index (χ3v) is 3.49. The third kappa shape index (κ3) is 3.24. The monoisotopic (exact) mass is 254 g/mol. The van der Waals surface area contributed by atoms with Gasteiger partial charge in [0.2, 0.25) is 0 Å². The zero-order chi connectivity index (χ0) is 13.8. The Balaban J connectivity index is 2.49. The lowest BCUT2D eigenvalue weighted by Crippen LogP contribution is -2.42. The first-order chi connectivity index (χ1) is 8.40. The Labute approximate surface area is 108 Å². The fourth-order valence-electron chi connectivity index (χ4n) is 2.11. The van der Waals surface area contributed by atoms with E-state index in [1.54, 1.807) is 23.8 Å². The molecule has 5 heteroatoms. The van der Waals surface area contributed by atoms with Crippen molar-refractivity contribution in [3.8, 4) is 0 Å². The molecule has 1 fully saturated rings. The van der Waals surface area contributed by atoms with Gasteiger partial charge in [0, 0.05) is 26.7 Å². The summed E-state index contributed by atoms with van der Waals surface area (Å²) in [5.41, 5.74) is -0.794. The molecule has 0 aromatic carbocycles. The van der Waals surface area contributed by atoms with Gasteiger partial charge in [0.05, 0.1) is 5.41 Å². The number of aliphatic carboxylic acids is 1. The second-order valence-corrected chi connectivity index (χ2v) is 5.17. The minimum atomic E-state index is -0.827. The van der Waals surface area contributed by atoms with Crippen LogP contribution in [0.1, 0.15) is 26.2 Å². The molecule has 2 amide bonds. The van der Waals surface area contributed by atoms with Crippen molar-refractivity contribution in [1.29, 1.82) is 0 Å². The molecule has 1 aliphatic heterocycles. The molecule has 0 radical (unpaired) electrons. The first-order valence-electron chi connectivity index (χ1n) is 6.25. The average molecular weight is 254 g/mol. The van der Waals surface area contributed by atoms with Crippen molar-refractivity contribution in [2.75, 3.05) is 26.7 Å². The van der Waals surface area contributed by atoms with E-state index in [4.69, 9.17) is 5.11 Å². The van der Waals surface area contributed by atoms with E-state index in [-0.39, 0.29) is 6.03 Å². The lowest BCUT2D eigenvalue weighted by atomic mass is 9.90. The topological polar surface area (TPSA) is 60.9 Å². The number of carbonyl (C=O) groups excluding carboxylic acids is 1. The lowest BCUT2D eigenvalue weighted by Gasteiger charge is -2.25. The van der Waals surface area contributed by atoms with Gasteiger partial charge in [0.25, 0.3) is 0 Å². The fraction of sp³-hybridized carbons (Fsp3) is 0.692. The summed E-state index contributed by atoms with van der Waals surface area (Å²) in [6.07, 6.45) is 4.12. The van der Waals surface area contributed by atoms with E-state index in [9.17, 15) is 9.59 Å². The number of allylic oxidation sites excluding steroid dienone is 1. The fourth-order valence-corrected chi connectivity index (χ4v) is 2.11. The molecule has 1 unspecified atom stereocenters. The summed E-state index contributed by atoms with van der Waals surface area (Å²) in [6, 6.07) is -0.0796. The van der Waals surface area contributed by atoms with Crippen LogP contribution in [0.15, 0.2) is 12.7 Å². The molecule has 1 aliphatic rings. The number of likely N-dealkylation sites (tertiary alicyclic amines) is 1. The molecule has 0 aromatic rings. The predicted molar refractivity (Wildman–Crippen MR) is 69.4 cm³/mol. The molecule has 0 aliphatic carbocycles. The normalized spacial score (nSPS) is 22.9. The van der Waals surface area contributed by atoms with Crippen molar-refractivity contribution in [2.24, 2.45) is 5.41 Å². The number of carboxylic acids is 1. The minimum absolute atomic E-state index is 0.0796. The Kier molecular flexibility index (Phi) is 4.76. The van der Waals surface area contributed by atoms with Crippen LogP contribution in [-0.2, 0) is 4.79 Å². The highest BCUT2D eigenvalue weighted by molar-refractivity contribution is 5.79. The van der Waals surface area contributed by atoms with Crippen LogP contribution in [0.25, 0.3) is 0 Å². The molecule has 18 heavy (non-hydrogen) atoms. The van der Waals surface area contributed by atoms with Crippen LogP contribution in [0.5, 0.6) is 0 Å². The van der Waals surface area contributed by atoms with Gasteiger partial charge in [0.1, 0.15) is 0 Å². The number of amides is 2. The van der Waals surface area contributed by atoms with Crippen molar-refractivity contribution in [1.82, 2.24) is 9.80 Å². The van der Waals surface area contributed by atoms with E-state index in [0.29, 0.717) is 26.1 Å². The van der Waals surface area contributed by atoms with Gasteiger partial charge in [-0.15, -0.1) is 6.58 Å². The number of rotatable bonds is 5. The van der Waals surface area contributed by atoms with Crippen LogP contribution in [0.3, 0.4) is 0 Å². The van der Waals surface area contributed by atoms with E-state index in [1.807, 2.05) is 6.08 Å². The lowest BCUT2D eigenvalue weighted by molar-refractivity contribution is -0.147. The second kappa shape index (κ2) is 5.89. The summed E-state index contributed by atoms with van der Waals surface area (Å²) in [4.78, 5) is 26.5. The van der Waals surface area contributed by atoms with Gasteiger partial charge >= 0.3 is 12.0 Å². The van der Waals surface area contributed by atoms with Gasteiger partial charge in [-0.25, -0.2) is 4.79 Å². The molecular formula is C13H22N2O3. The highest BCUT2D eigenvalue weighted by Crippen LogP contribution is 2.30. The molecule has 1 N–H and O–H groups in total. The number of carboxylic acid groups (broad SMARTS) is 1. The SMILES string of the molecule is C=CCCCN(C)C(=O)N1CCC(C)(C(=O)O)C1. The Morgan fingerprint density at radius 2 is 2.22 bits per heavy atom. The van der Waals surface area contributed by atoms with Crippen LogP contribution in [0.2, 0.25) is 0 Å². The van der Waals surface area contributed by atoms with Crippen molar-refractivity contribution in [3.05, 3.63) is 12.7 Å². The Morgan fingerprint density at radius 1 is 1.56 bits per heavy atom. The maximum absolute atomic E-state index is 12.1. The zero-order valence-corrected chi connectivity index (χ0v) is 11.2. The van der Waals surface area contributed by atoms with E-state index in [0.717, 1.165) is 12.8 Å². The number of urea groups is 1. The summed E-state index contributed by atoms with van der Waals surface area (Å²) in [6.45, 7) is 6.83. The largest absolute Gasteiger partial charge is 0.481 e. The maximum atomic E-state index is 12.1. The first-order valence-corrected chi connectivity index (χ1v) is 6.25. The number of nitrogens with zero attached hydrogens (tertiary/aromatic N) is 2. The number of carbonyl (C=O) groups is 2. The summed E-state index contributed by atoms with van der Waals surface area (Å²) in [5, 5.41) is 9.12. The smallest absolute Gasteiger partial charge is 0.319 e. The van der Waals surface area contributed by atoms with Crippen molar-refractivity contribution in [3.63, 3.8) is 0 Å². The van der Waals surface area contributed by atoms with Crippen molar-refractivity contribution in [2.45, 2.75) is 26.2 Å². The number of unbranched alkanes of at least 4 members (excludes halogenated alkanes) is 1. The molecule has 0 aromatic heterocycles. The number of hydrogen-bond donors (Lipinski definition) is 1. The summed E-state index contributed by atoms with van der Waals surface area (Å²) in [7, 11) is 1.75. The summed E-state index contributed by atoms with van der Waals surface area (Å²) < 4.78 is 0. The van der Waals surface area contributed by atoms with Gasteiger partial charge in [-0.1, -0.05) is 6.08 Å². The molecule has 1 heterocycles. The van der Waals surface area contributed by atoms with Crippen LogP contribution in [-0.4, -0.2) is 53.6 Å². The maximum Gasteiger partial charge on any atom is 0.319 e. The molecule has 0 spiro atoms. The van der Waals surface area contributed by atoms with Crippen molar-refractivity contribution >= 4 is 12.0 Å². The first kappa shape index (κ1) is 14.5. The van der Waals surface area contributed by atoms with Crippen LogP contribution in [0.4, 0.5) is 4.79 Å². The molecule has 5 nitrogen and oxygen atoms in total. The molecule has 102 valence electrons. The van der Waals surface area contributed by atoms with Crippen LogP contribution >= 0.6 is 0 Å². The van der Waals surface area contributed by atoms with Crippen LogP contribution < -0.4 is 0 Å². The van der Waals surface area contributed by atoms with Gasteiger partial charge in [0.15, 0.2) is 0 Å². The molecule has 1 saturated heterocycles. The minimum Gasteiger partial charge on any atom is -0.481 e. The Morgan fingerprint density at radius 3 is 2.72 bits per heavy atom. The zero-order valence-electron chi connectivity index (χ0n) is 11.2. The quantitative estimate of drug-likeness (QED) is 0.601. The highest BCUT2D eigenvalue weighted by atomic mass is 16.4. The van der Waals surface area contributed by atoms with Gasteiger partial charge in [-0.05, 0) is 26.2 Å². The number of hydrogen-bond acceptors (Lipinski definition) is 2. The van der Waals surface area contributed by atoms with E-state index in [2.05, 4.69) is 6.58 Å². The molecule has 0 bridgehead atoms. The van der Waals surface area contributed by atoms with E-state index >= 15 is 0 Å². The second-order valence-electron chi connectivity index (χ2n) is 5.17. The predicted octanol–water partition coefficient (Wildman–Crippen LogP) is 1.80.